The van der Waals surface area contributed by atoms with Gasteiger partial charge in [0.2, 0.25) is 0 Å². The van der Waals surface area contributed by atoms with Crippen LogP contribution < -0.4 is 9.47 Å². The van der Waals surface area contributed by atoms with Crippen molar-refractivity contribution in [1.82, 2.24) is 4.90 Å². The molecule has 0 aliphatic heterocycles. The number of benzene rings is 1. The van der Waals surface area contributed by atoms with Crippen LogP contribution in [0.2, 0.25) is 0 Å². The van der Waals surface area contributed by atoms with E-state index in [9.17, 15) is 0 Å². The van der Waals surface area contributed by atoms with Crippen molar-refractivity contribution in [3.8, 4) is 11.5 Å². The number of hydrogen-bond acceptors (Lipinski definition) is 3. The topological polar surface area (TPSA) is 21.7 Å². The van der Waals surface area contributed by atoms with Gasteiger partial charge in [-0.05, 0) is 38.9 Å². The van der Waals surface area contributed by atoms with Crippen molar-refractivity contribution in [3.63, 3.8) is 0 Å². The Morgan fingerprint density at radius 1 is 1.05 bits per heavy atom. The Labute approximate surface area is 123 Å². The second-order valence-corrected chi connectivity index (χ2v) is 5.25. The molecule has 0 heterocycles. The van der Waals surface area contributed by atoms with Crippen LogP contribution in [-0.2, 0) is 0 Å². The van der Waals surface area contributed by atoms with Gasteiger partial charge in [-0.15, -0.1) is 0 Å². The van der Waals surface area contributed by atoms with Gasteiger partial charge in [0.05, 0.1) is 6.61 Å². The number of unbranched alkanes of at least 4 members (excludes halogenated alkanes) is 1. The van der Waals surface area contributed by atoms with Gasteiger partial charge >= 0.3 is 0 Å². The molecule has 20 heavy (non-hydrogen) atoms. The van der Waals surface area contributed by atoms with E-state index >= 15 is 0 Å². The predicted octanol–water partition coefficient (Wildman–Crippen LogP) is 3.97. The fourth-order valence-corrected chi connectivity index (χ4v) is 2.05. The van der Waals surface area contributed by atoms with E-state index in [2.05, 4.69) is 32.6 Å². The van der Waals surface area contributed by atoms with Gasteiger partial charge in [0.1, 0.15) is 18.1 Å². The van der Waals surface area contributed by atoms with E-state index in [-0.39, 0.29) is 0 Å². The first-order valence-electron chi connectivity index (χ1n) is 7.77. The summed E-state index contributed by atoms with van der Waals surface area (Å²) in [4.78, 5) is 2.39. The molecule has 0 fully saturated rings. The molecule has 0 N–H and O–H groups in total. The van der Waals surface area contributed by atoms with Crippen molar-refractivity contribution in [1.29, 1.82) is 0 Å². The van der Waals surface area contributed by atoms with Crippen LogP contribution in [0.3, 0.4) is 0 Å². The molecule has 1 aromatic carbocycles. The molecule has 0 aliphatic carbocycles. The van der Waals surface area contributed by atoms with E-state index in [1.807, 2.05) is 24.3 Å². The maximum Gasteiger partial charge on any atom is 0.123 e. The van der Waals surface area contributed by atoms with Gasteiger partial charge in [0.25, 0.3) is 0 Å². The lowest BCUT2D eigenvalue weighted by molar-refractivity contribution is 0.183. The van der Waals surface area contributed by atoms with Gasteiger partial charge in [-0.2, -0.15) is 0 Å². The Morgan fingerprint density at radius 3 is 2.25 bits per heavy atom. The van der Waals surface area contributed by atoms with Crippen LogP contribution in [0.5, 0.6) is 11.5 Å². The third-order valence-electron chi connectivity index (χ3n) is 3.36. The van der Waals surface area contributed by atoms with E-state index in [1.54, 1.807) is 0 Å². The number of likely N-dealkylation sites (N-methyl/N-ethyl adjacent to an activating group) is 1. The lowest BCUT2D eigenvalue weighted by Gasteiger charge is -2.24. The average molecular weight is 279 g/mol. The zero-order valence-electron chi connectivity index (χ0n) is 13.4. The van der Waals surface area contributed by atoms with Crippen molar-refractivity contribution in [2.24, 2.45) is 0 Å². The summed E-state index contributed by atoms with van der Waals surface area (Å²) in [5, 5.41) is 0. The largest absolute Gasteiger partial charge is 0.493 e. The summed E-state index contributed by atoms with van der Waals surface area (Å²) in [6, 6.07) is 8.48. The Kier molecular flexibility index (Phi) is 8.12. The molecule has 0 atom stereocenters. The third kappa shape index (κ3) is 6.29. The van der Waals surface area contributed by atoms with Gasteiger partial charge < -0.3 is 9.47 Å². The molecule has 3 heteroatoms. The molecule has 1 aromatic rings. The fraction of sp³-hybridized carbons (Fsp3) is 0.647. The molecule has 1 rings (SSSR count). The molecular formula is C17H29NO2. The predicted molar refractivity (Wildman–Crippen MR) is 84.7 cm³/mol. The quantitative estimate of drug-likeness (QED) is 0.605. The minimum Gasteiger partial charge on any atom is -0.493 e. The van der Waals surface area contributed by atoms with Crippen LogP contribution in [0.25, 0.3) is 0 Å². The first-order valence-corrected chi connectivity index (χ1v) is 7.77. The van der Waals surface area contributed by atoms with Crippen LogP contribution >= 0.6 is 0 Å². The molecule has 0 saturated carbocycles. The van der Waals surface area contributed by atoms with Crippen LogP contribution in [0.15, 0.2) is 24.3 Å². The zero-order chi connectivity index (χ0) is 14.8. The smallest absolute Gasteiger partial charge is 0.123 e. The Bertz CT molecular complexity index is 366. The summed E-state index contributed by atoms with van der Waals surface area (Å²) in [5.41, 5.74) is 0. The molecule has 0 unspecified atom stereocenters. The molecule has 0 bridgehead atoms. The molecular weight excluding hydrogens is 250 g/mol. The van der Waals surface area contributed by atoms with E-state index in [0.29, 0.717) is 12.6 Å². The van der Waals surface area contributed by atoms with Crippen molar-refractivity contribution in [2.75, 3.05) is 26.3 Å². The number of rotatable bonds is 10. The number of hydrogen-bond donors (Lipinski definition) is 0. The highest BCUT2D eigenvalue weighted by Crippen LogP contribution is 2.19. The molecule has 0 amide bonds. The van der Waals surface area contributed by atoms with E-state index < -0.39 is 0 Å². The van der Waals surface area contributed by atoms with Crippen molar-refractivity contribution < 1.29 is 9.47 Å². The molecule has 114 valence electrons. The normalized spacial score (nSPS) is 11.1. The highest BCUT2D eigenvalue weighted by Gasteiger charge is 2.06. The Morgan fingerprint density at radius 2 is 1.70 bits per heavy atom. The van der Waals surface area contributed by atoms with Crippen LogP contribution in [0.4, 0.5) is 0 Å². The van der Waals surface area contributed by atoms with Crippen molar-refractivity contribution in [2.45, 2.75) is 46.6 Å². The first-order chi connectivity index (χ1) is 9.67. The first kappa shape index (κ1) is 16.8. The summed E-state index contributed by atoms with van der Waals surface area (Å²) in [7, 11) is 0. The standard InChI is InChI=1S/C17H29NO2/c1-5-7-12-19-16-9-8-10-17(14-16)20-13-11-18(6-2)15(3)4/h8-10,14-15H,5-7,11-13H2,1-4H3. The lowest BCUT2D eigenvalue weighted by Crippen LogP contribution is -2.34. The third-order valence-corrected chi connectivity index (χ3v) is 3.36. The summed E-state index contributed by atoms with van der Waals surface area (Å²) < 4.78 is 11.5. The Hall–Kier alpha value is -1.22. The fourth-order valence-electron chi connectivity index (χ4n) is 2.05. The summed E-state index contributed by atoms with van der Waals surface area (Å²) in [6.45, 7) is 12.3. The monoisotopic (exact) mass is 279 g/mol. The van der Waals surface area contributed by atoms with E-state index in [1.165, 1.54) is 0 Å². The van der Waals surface area contributed by atoms with Gasteiger partial charge in [0.15, 0.2) is 0 Å². The summed E-state index contributed by atoms with van der Waals surface area (Å²) >= 11 is 0. The minimum absolute atomic E-state index is 0.562. The Balaban J connectivity index is 2.38. The highest BCUT2D eigenvalue weighted by molar-refractivity contribution is 5.32. The lowest BCUT2D eigenvalue weighted by atomic mass is 10.3. The van der Waals surface area contributed by atoms with Gasteiger partial charge in [0, 0.05) is 18.7 Å². The maximum absolute atomic E-state index is 5.81. The van der Waals surface area contributed by atoms with Crippen molar-refractivity contribution >= 4 is 0 Å². The summed E-state index contributed by atoms with van der Waals surface area (Å²) in [5.74, 6) is 1.78. The van der Waals surface area contributed by atoms with Gasteiger partial charge in [-0.3, -0.25) is 4.90 Å². The molecule has 0 spiro atoms. The van der Waals surface area contributed by atoms with Crippen LogP contribution in [0.1, 0.15) is 40.5 Å². The minimum atomic E-state index is 0.562. The SMILES string of the molecule is CCCCOc1cccc(OCCN(CC)C(C)C)c1. The zero-order valence-corrected chi connectivity index (χ0v) is 13.4. The van der Waals surface area contributed by atoms with Gasteiger partial charge in [-0.1, -0.05) is 26.3 Å². The number of ether oxygens (including phenoxy) is 2. The van der Waals surface area contributed by atoms with Gasteiger partial charge in [-0.25, -0.2) is 0 Å². The highest BCUT2D eigenvalue weighted by atomic mass is 16.5. The van der Waals surface area contributed by atoms with Crippen molar-refractivity contribution in [3.05, 3.63) is 24.3 Å². The van der Waals surface area contributed by atoms with Crippen LogP contribution in [-0.4, -0.2) is 37.2 Å². The van der Waals surface area contributed by atoms with E-state index in [4.69, 9.17) is 9.47 Å². The molecule has 0 saturated heterocycles. The molecule has 0 radical (unpaired) electrons. The second-order valence-electron chi connectivity index (χ2n) is 5.25. The van der Waals surface area contributed by atoms with Crippen LogP contribution in [0, 0.1) is 0 Å². The molecule has 3 nitrogen and oxygen atoms in total. The number of nitrogens with zero attached hydrogens (tertiary/aromatic N) is 1. The summed E-state index contributed by atoms with van der Waals surface area (Å²) in [6.07, 6.45) is 2.24. The molecule has 0 aromatic heterocycles. The second kappa shape index (κ2) is 9.65. The van der Waals surface area contributed by atoms with E-state index in [0.717, 1.165) is 44.0 Å². The average Bonchev–Trinajstić information content (AvgIpc) is 2.44. The maximum atomic E-state index is 5.81. The molecule has 0 aliphatic rings.